The molecule has 0 fully saturated rings. The van der Waals surface area contributed by atoms with Crippen molar-refractivity contribution in [1.82, 2.24) is 24.5 Å². The van der Waals surface area contributed by atoms with Gasteiger partial charge in [0.1, 0.15) is 11.4 Å². The molecule has 2 heterocycles. The van der Waals surface area contributed by atoms with Crippen LogP contribution in [0.4, 0.5) is 5.69 Å². The fourth-order valence-corrected chi connectivity index (χ4v) is 3.93. The Morgan fingerprint density at radius 2 is 1.96 bits per heavy atom. The molecule has 146 valence electrons. The van der Waals surface area contributed by atoms with E-state index in [1.54, 1.807) is 55.4 Å². The summed E-state index contributed by atoms with van der Waals surface area (Å²) in [6.45, 7) is 3.14. The Morgan fingerprint density at radius 1 is 1.18 bits per heavy atom. The molecule has 3 aromatic rings. The summed E-state index contributed by atoms with van der Waals surface area (Å²) in [5.41, 5.74) is 2.97. The zero-order valence-corrected chi connectivity index (χ0v) is 16.5. The van der Waals surface area contributed by atoms with Gasteiger partial charge in [0.2, 0.25) is 15.9 Å². The number of sulfonamides is 1. The lowest BCUT2D eigenvalue weighted by molar-refractivity contribution is -0.114. The van der Waals surface area contributed by atoms with E-state index >= 15 is 0 Å². The number of rotatable bonds is 6. The normalized spacial score (nSPS) is 11.4. The number of hydrogen-bond donors (Lipinski definition) is 2. The summed E-state index contributed by atoms with van der Waals surface area (Å²) < 4.78 is 29.6. The first-order chi connectivity index (χ1) is 13.3. The van der Waals surface area contributed by atoms with Crippen LogP contribution < -0.4 is 10.0 Å². The fraction of sp³-hybridized carbons (Fsp3) is 0.222. The molecule has 3 rings (SSSR count). The smallest absolute Gasteiger partial charge is 0.241 e. The molecule has 0 spiro atoms. The average Bonchev–Trinajstić information content (AvgIpc) is 3.01. The summed E-state index contributed by atoms with van der Waals surface area (Å²) in [5, 5.41) is 6.98. The molecule has 0 radical (unpaired) electrons. The second-order valence-corrected chi connectivity index (χ2v) is 7.96. The lowest BCUT2D eigenvalue weighted by Crippen LogP contribution is -2.25. The highest BCUT2D eigenvalue weighted by molar-refractivity contribution is 7.89. The third-order valence-corrected chi connectivity index (χ3v) is 5.59. The predicted octanol–water partition coefficient (Wildman–Crippen LogP) is 1.62. The molecule has 28 heavy (non-hydrogen) atoms. The van der Waals surface area contributed by atoms with Crippen molar-refractivity contribution >= 4 is 21.6 Å². The third kappa shape index (κ3) is 4.41. The molecule has 0 aliphatic carbocycles. The lowest BCUT2D eigenvalue weighted by atomic mass is 10.2. The minimum absolute atomic E-state index is 0.0684. The number of hydrogen-bond acceptors (Lipinski definition) is 6. The molecule has 2 N–H and O–H groups in total. The van der Waals surface area contributed by atoms with Crippen molar-refractivity contribution in [3.05, 3.63) is 54.1 Å². The van der Waals surface area contributed by atoms with Crippen molar-refractivity contribution in [1.29, 1.82) is 0 Å². The molecule has 0 saturated heterocycles. The second kappa shape index (κ2) is 7.87. The number of aromatic nitrogens is 4. The van der Waals surface area contributed by atoms with Crippen LogP contribution in [-0.2, 0) is 28.4 Å². The molecular weight excluding hydrogens is 380 g/mol. The number of nitrogens with one attached hydrogen (secondary N) is 2. The van der Waals surface area contributed by atoms with Gasteiger partial charge >= 0.3 is 0 Å². The van der Waals surface area contributed by atoms with Crippen LogP contribution >= 0.6 is 0 Å². The van der Waals surface area contributed by atoms with Crippen LogP contribution in [0.3, 0.4) is 0 Å². The number of nitrogens with zero attached hydrogens (tertiary/aromatic N) is 4. The molecule has 2 aromatic heterocycles. The molecule has 0 unspecified atom stereocenters. The van der Waals surface area contributed by atoms with Crippen molar-refractivity contribution in [3.63, 3.8) is 0 Å². The average molecular weight is 400 g/mol. The van der Waals surface area contributed by atoms with Crippen molar-refractivity contribution in [3.8, 4) is 11.4 Å². The Labute approximate surface area is 162 Å². The molecule has 9 nitrogen and oxygen atoms in total. The zero-order valence-electron chi connectivity index (χ0n) is 15.7. The Balaban J connectivity index is 1.77. The maximum atomic E-state index is 12.7. The summed E-state index contributed by atoms with van der Waals surface area (Å²) in [5.74, 6) is -0.219. The Morgan fingerprint density at radius 3 is 2.61 bits per heavy atom. The van der Waals surface area contributed by atoms with E-state index in [2.05, 4.69) is 25.1 Å². The fourth-order valence-electron chi connectivity index (χ4n) is 2.71. The quantitative estimate of drug-likeness (QED) is 0.649. The van der Waals surface area contributed by atoms with Crippen LogP contribution in [0.2, 0.25) is 0 Å². The first kappa shape index (κ1) is 19.6. The molecule has 0 atom stereocenters. The van der Waals surface area contributed by atoms with E-state index in [0.29, 0.717) is 28.3 Å². The number of benzene rings is 1. The first-order valence-corrected chi connectivity index (χ1v) is 9.92. The maximum Gasteiger partial charge on any atom is 0.241 e. The van der Waals surface area contributed by atoms with Crippen molar-refractivity contribution in [2.75, 3.05) is 5.32 Å². The first-order valence-electron chi connectivity index (χ1n) is 8.43. The molecule has 1 amide bonds. The topological polar surface area (TPSA) is 119 Å². The second-order valence-electron chi connectivity index (χ2n) is 6.22. The Bertz CT molecular complexity index is 1110. The van der Waals surface area contributed by atoms with E-state index in [-0.39, 0.29) is 17.3 Å². The van der Waals surface area contributed by atoms with Crippen LogP contribution in [0, 0.1) is 6.92 Å². The molecule has 0 aliphatic heterocycles. The molecule has 0 bridgehead atoms. The number of anilines is 1. The number of carbonyl (C=O) groups excluding carboxylic acids is 1. The summed E-state index contributed by atoms with van der Waals surface area (Å²) in [4.78, 5) is 19.5. The van der Waals surface area contributed by atoms with Crippen molar-refractivity contribution in [2.24, 2.45) is 7.05 Å². The largest absolute Gasteiger partial charge is 0.326 e. The van der Waals surface area contributed by atoms with Gasteiger partial charge in [0.25, 0.3) is 0 Å². The van der Waals surface area contributed by atoms with Crippen LogP contribution in [0.25, 0.3) is 11.4 Å². The van der Waals surface area contributed by atoms with E-state index in [9.17, 15) is 13.2 Å². The zero-order chi connectivity index (χ0) is 20.3. The molecule has 0 saturated carbocycles. The van der Waals surface area contributed by atoms with Crippen molar-refractivity contribution in [2.45, 2.75) is 25.3 Å². The summed E-state index contributed by atoms with van der Waals surface area (Å²) in [7, 11) is -2.01. The third-order valence-electron chi connectivity index (χ3n) is 4.03. The van der Waals surface area contributed by atoms with Gasteiger partial charge in [-0.25, -0.2) is 13.1 Å². The van der Waals surface area contributed by atoms with Crippen molar-refractivity contribution < 1.29 is 13.2 Å². The van der Waals surface area contributed by atoms with Gasteiger partial charge in [-0.3, -0.25) is 19.4 Å². The van der Waals surface area contributed by atoms with Gasteiger partial charge < -0.3 is 5.32 Å². The Kier molecular flexibility index (Phi) is 5.52. The highest BCUT2D eigenvalue weighted by atomic mass is 32.2. The molecule has 1 aromatic carbocycles. The van der Waals surface area contributed by atoms with Gasteiger partial charge in [0.05, 0.1) is 23.3 Å². The van der Waals surface area contributed by atoms with E-state index < -0.39 is 10.0 Å². The van der Waals surface area contributed by atoms with Gasteiger partial charge in [0, 0.05) is 32.1 Å². The maximum absolute atomic E-state index is 12.7. The van der Waals surface area contributed by atoms with Gasteiger partial charge in [-0.15, -0.1) is 0 Å². The van der Waals surface area contributed by atoms with Gasteiger partial charge in [-0.2, -0.15) is 5.10 Å². The minimum Gasteiger partial charge on any atom is -0.326 e. The van der Waals surface area contributed by atoms with E-state index in [1.807, 2.05) is 0 Å². The van der Waals surface area contributed by atoms with Gasteiger partial charge in [-0.1, -0.05) is 0 Å². The van der Waals surface area contributed by atoms with E-state index in [1.165, 1.54) is 13.0 Å². The van der Waals surface area contributed by atoms with Crippen LogP contribution in [-0.4, -0.2) is 34.1 Å². The summed E-state index contributed by atoms with van der Waals surface area (Å²) in [6, 6.07) is 6.40. The molecular formula is C18H20N6O3S. The van der Waals surface area contributed by atoms with Crippen LogP contribution in [0.5, 0.6) is 0 Å². The predicted molar refractivity (Wildman–Crippen MR) is 104 cm³/mol. The number of carbonyl (C=O) groups is 1. The van der Waals surface area contributed by atoms with Gasteiger partial charge in [0.15, 0.2) is 0 Å². The lowest BCUT2D eigenvalue weighted by Gasteiger charge is -2.11. The Hall–Kier alpha value is -3.11. The molecule has 0 aliphatic rings. The highest BCUT2D eigenvalue weighted by Crippen LogP contribution is 2.20. The number of amides is 1. The highest BCUT2D eigenvalue weighted by Gasteiger charge is 2.18. The molecule has 10 heteroatoms. The van der Waals surface area contributed by atoms with E-state index in [4.69, 9.17) is 0 Å². The summed E-state index contributed by atoms with van der Waals surface area (Å²) in [6.07, 6.45) is 4.73. The SMILES string of the molecule is CC(=O)Nc1ccc(S(=O)(=O)NCc2cc(-c3cnccn3)nn2C)c(C)c1. The standard InChI is InChI=1S/C18H20N6O3S/c1-12-8-14(22-13(2)25)4-5-18(12)28(26,27)21-10-15-9-16(23-24(15)3)17-11-19-6-7-20-17/h4-9,11,21H,10H2,1-3H3,(H,22,25). The van der Waals surface area contributed by atoms with E-state index in [0.717, 1.165) is 0 Å². The van der Waals surface area contributed by atoms with Crippen LogP contribution in [0.1, 0.15) is 18.2 Å². The monoisotopic (exact) mass is 400 g/mol. The number of aryl methyl sites for hydroxylation is 2. The van der Waals surface area contributed by atoms with Crippen LogP contribution in [0.15, 0.2) is 47.8 Å². The minimum atomic E-state index is -3.74. The van der Waals surface area contributed by atoms with Gasteiger partial charge in [-0.05, 0) is 36.8 Å². The summed E-state index contributed by atoms with van der Waals surface area (Å²) >= 11 is 0.